The number of carbonyl (C=O) groups is 1. The summed E-state index contributed by atoms with van der Waals surface area (Å²) in [4.78, 5) is 13.3. The predicted octanol–water partition coefficient (Wildman–Crippen LogP) is 3.16. The Balaban J connectivity index is 2.05. The van der Waals surface area contributed by atoms with Crippen LogP contribution in [0.2, 0.25) is 0 Å². The molecule has 1 aliphatic rings. The van der Waals surface area contributed by atoms with Crippen molar-refractivity contribution in [2.75, 3.05) is 26.8 Å². The molecule has 1 rings (SSSR count). The number of carboxylic acid groups (broad SMARTS) is 1. The molecule has 0 saturated carbocycles. The van der Waals surface area contributed by atoms with Crippen LogP contribution in [0, 0.1) is 5.92 Å². The molecule has 0 aromatic heterocycles. The maximum Gasteiger partial charge on any atom is 0.310 e. The molecule has 1 fully saturated rings. The highest BCUT2D eigenvalue weighted by atomic mass is 16.5. The molecule has 0 aliphatic carbocycles. The number of carboxylic acids is 1. The minimum Gasteiger partial charge on any atom is -0.481 e. The first kappa shape index (κ1) is 17.4. The van der Waals surface area contributed by atoms with Crippen molar-refractivity contribution in [2.45, 2.75) is 64.3 Å². The van der Waals surface area contributed by atoms with Crippen molar-refractivity contribution in [3.05, 3.63) is 0 Å². The Morgan fingerprint density at radius 2 is 1.70 bits per heavy atom. The molecule has 0 bridgehead atoms. The van der Waals surface area contributed by atoms with Gasteiger partial charge in [-0.05, 0) is 20.0 Å². The van der Waals surface area contributed by atoms with Gasteiger partial charge in [-0.3, -0.25) is 4.79 Å². The van der Waals surface area contributed by atoms with Gasteiger partial charge in [0.1, 0.15) is 0 Å². The standard InChI is InChI=1S/C16H31NO3/c1-3-4-5-6-7-8-9-10-11-17(2)15-13-20-12-14(15)16(18)19/h14-15H,3-13H2,1-2H3,(H,18,19). The van der Waals surface area contributed by atoms with Crippen LogP contribution in [0.15, 0.2) is 0 Å². The van der Waals surface area contributed by atoms with E-state index in [-0.39, 0.29) is 12.0 Å². The van der Waals surface area contributed by atoms with Crippen LogP contribution in [-0.2, 0) is 9.53 Å². The van der Waals surface area contributed by atoms with Crippen LogP contribution in [0.1, 0.15) is 58.3 Å². The van der Waals surface area contributed by atoms with Crippen LogP contribution in [0.5, 0.6) is 0 Å². The smallest absolute Gasteiger partial charge is 0.310 e. The third-order valence-corrected chi connectivity index (χ3v) is 4.30. The van der Waals surface area contributed by atoms with E-state index in [0.29, 0.717) is 13.2 Å². The van der Waals surface area contributed by atoms with Gasteiger partial charge in [-0.25, -0.2) is 0 Å². The highest BCUT2D eigenvalue weighted by Crippen LogP contribution is 2.19. The lowest BCUT2D eigenvalue weighted by molar-refractivity contribution is -0.143. The van der Waals surface area contributed by atoms with Crippen LogP contribution in [-0.4, -0.2) is 48.8 Å². The third-order valence-electron chi connectivity index (χ3n) is 4.30. The number of hydrogen-bond acceptors (Lipinski definition) is 3. The van der Waals surface area contributed by atoms with E-state index in [1.54, 1.807) is 0 Å². The summed E-state index contributed by atoms with van der Waals surface area (Å²) in [6.45, 7) is 4.14. The topological polar surface area (TPSA) is 49.8 Å². The molecule has 1 N–H and O–H groups in total. The van der Waals surface area contributed by atoms with Crippen molar-refractivity contribution in [3.8, 4) is 0 Å². The number of unbranched alkanes of at least 4 members (excludes halogenated alkanes) is 7. The normalized spacial score (nSPS) is 22.6. The number of nitrogens with zero attached hydrogens (tertiary/aromatic N) is 1. The fourth-order valence-corrected chi connectivity index (χ4v) is 2.87. The van der Waals surface area contributed by atoms with E-state index < -0.39 is 5.97 Å². The maximum absolute atomic E-state index is 11.1. The Bertz CT molecular complexity index is 270. The maximum atomic E-state index is 11.1. The number of aliphatic carboxylic acids is 1. The van der Waals surface area contributed by atoms with Gasteiger partial charge in [0.2, 0.25) is 0 Å². The quantitative estimate of drug-likeness (QED) is 0.592. The van der Waals surface area contributed by atoms with Gasteiger partial charge in [-0.2, -0.15) is 0 Å². The van der Waals surface area contributed by atoms with Crippen LogP contribution in [0.4, 0.5) is 0 Å². The van der Waals surface area contributed by atoms with Crippen molar-refractivity contribution in [1.82, 2.24) is 4.90 Å². The van der Waals surface area contributed by atoms with Gasteiger partial charge in [-0.15, -0.1) is 0 Å². The van der Waals surface area contributed by atoms with Gasteiger partial charge < -0.3 is 14.7 Å². The zero-order valence-electron chi connectivity index (χ0n) is 13.1. The number of rotatable bonds is 11. The summed E-state index contributed by atoms with van der Waals surface area (Å²) in [5.41, 5.74) is 0. The molecule has 0 amide bonds. The molecular formula is C16H31NO3. The first-order valence-electron chi connectivity index (χ1n) is 8.17. The van der Waals surface area contributed by atoms with Crippen molar-refractivity contribution in [3.63, 3.8) is 0 Å². The second-order valence-electron chi connectivity index (χ2n) is 6.01. The van der Waals surface area contributed by atoms with E-state index in [1.807, 2.05) is 7.05 Å². The summed E-state index contributed by atoms with van der Waals surface area (Å²) < 4.78 is 5.31. The summed E-state index contributed by atoms with van der Waals surface area (Å²) >= 11 is 0. The Morgan fingerprint density at radius 3 is 2.30 bits per heavy atom. The molecule has 1 aliphatic heterocycles. The average Bonchev–Trinajstić information content (AvgIpc) is 2.91. The minimum atomic E-state index is -0.727. The lowest BCUT2D eigenvalue weighted by Gasteiger charge is -2.26. The first-order chi connectivity index (χ1) is 9.66. The summed E-state index contributed by atoms with van der Waals surface area (Å²) in [7, 11) is 2.02. The molecule has 2 atom stereocenters. The highest BCUT2D eigenvalue weighted by Gasteiger charge is 2.36. The molecule has 20 heavy (non-hydrogen) atoms. The molecule has 1 heterocycles. The zero-order chi connectivity index (χ0) is 14.8. The molecule has 0 radical (unpaired) electrons. The third kappa shape index (κ3) is 6.23. The SMILES string of the molecule is CCCCCCCCCCN(C)C1COCC1C(=O)O. The van der Waals surface area contributed by atoms with Gasteiger partial charge >= 0.3 is 5.97 Å². The average molecular weight is 285 g/mol. The van der Waals surface area contributed by atoms with Gasteiger partial charge in [0.05, 0.1) is 19.1 Å². The van der Waals surface area contributed by atoms with Crippen molar-refractivity contribution >= 4 is 5.97 Å². The summed E-state index contributed by atoms with van der Waals surface area (Å²) in [6, 6.07) is 0.0528. The molecule has 0 aromatic rings. The second kappa shape index (κ2) is 10.2. The lowest BCUT2D eigenvalue weighted by atomic mass is 10.0. The Hall–Kier alpha value is -0.610. The van der Waals surface area contributed by atoms with E-state index >= 15 is 0 Å². The van der Waals surface area contributed by atoms with E-state index in [4.69, 9.17) is 9.84 Å². The largest absolute Gasteiger partial charge is 0.481 e. The van der Waals surface area contributed by atoms with Crippen molar-refractivity contribution in [1.29, 1.82) is 0 Å². The summed E-state index contributed by atoms with van der Waals surface area (Å²) in [5, 5.41) is 9.14. The molecule has 118 valence electrons. The Kier molecular flexibility index (Phi) is 8.86. The van der Waals surface area contributed by atoms with E-state index in [1.165, 1.54) is 44.9 Å². The molecule has 2 unspecified atom stereocenters. The zero-order valence-corrected chi connectivity index (χ0v) is 13.1. The Morgan fingerprint density at radius 1 is 1.10 bits per heavy atom. The van der Waals surface area contributed by atoms with Crippen LogP contribution in [0.3, 0.4) is 0 Å². The van der Waals surface area contributed by atoms with Gasteiger partial charge in [0, 0.05) is 6.04 Å². The number of likely N-dealkylation sites (N-methyl/N-ethyl adjacent to an activating group) is 1. The van der Waals surface area contributed by atoms with E-state index in [0.717, 1.165) is 13.0 Å². The molecule has 0 aromatic carbocycles. The monoisotopic (exact) mass is 285 g/mol. The second-order valence-corrected chi connectivity index (χ2v) is 6.01. The fourth-order valence-electron chi connectivity index (χ4n) is 2.87. The van der Waals surface area contributed by atoms with Crippen LogP contribution >= 0.6 is 0 Å². The molecule has 1 saturated heterocycles. The predicted molar refractivity (Wildman–Crippen MR) is 81.0 cm³/mol. The van der Waals surface area contributed by atoms with Crippen molar-refractivity contribution < 1.29 is 14.6 Å². The lowest BCUT2D eigenvalue weighted by Crippen LogP contribution is -2.41. The van der Waals surface area contributed by atoms with Gasteiger partial charge in [-0.1, -0.05) is 51.9 Å². The van der Waals surface area contributed by atoms with Gasteiger partial charge in [0.15, 0.2) is 0 Å². The summed E-state index contributed by atoms with van der Waals surface area (Å²) in [6.07, 6.45) is 10.5. The Labute approximate surface area is 123 Å². The minimum absolute atomic E-state index is 0.0528. The fraction of sp³-hybridized carbons (Fsp3) is 0.938. The van der Waals surface area contributed by atoms with E-state index in [2.05, 4.69) is 11.8 Å². The van der Waals surface area contributed by atoms with Crippen LogP contribution < -0.4 is 0 Å². The van der Waals surface area contributed by atoms with E-state index in [9.17, 15) is 4.79 Å². The first-order valence-corrected chi connectivity index (χ1v) is 8.17. The highest BCUT2D eigenvalue weighted by molar-refractivity contribution is 5.71. The number of ether oxygens (including phenoxy) is 1. The number of hydrogen-bond donors (Lipinski definition) is 1. The molecular weight excluding hydrogens is 254 g/mol. The van der Waals surface area contributed by atoms with Crippen molar-refractivity contribution in [2.24, 2.45) is 5.92 Å². The van der Waals surface area contributed by atoms with Gasteiger partial charge in [0.25, 0.3) is 0 Å². The van der Waals surface area contributed by atoms with Crippen LogP contribution in [0.25, 0.3) is 0 Å². The molecule has 4 nitrogen and oxygen atoms in total. The molecule has 0 spiro atoms. The summed E-state index contributed by atoms with van der Waals surface area (Å²) in [5.74, 6) is -1.08. The molecule has 4 heteroatoms.